The van der Waals surface area contributed by atoms with Crippen LogP contribution in [0, 0.1) is 11.7 Å². The van der Waals surface area contributed by atoms with Gasteiger partial charge in [0.25, 0.3) is 0 Å². The number of hydrogen-bond donors (Lipinski definition) is 2. The van der Waals surface area contributed by atoms with E-state index in [0.29, 0.717) is 16.8 Å². The van der Waals surface area contributed by atoms with Gasteiger partial charge in [0.1, 0.15) is 5.82 Å². The highest BCUT2D eigenvalue weighted by Gasteiger charge is 2.16. The van der Waals surface area contributed by atoms with Crippen LogP contribution in [0.2, 0.25) is 0 Å². The Bertz CT molecular complexity index is 413. The summed E-state index contributed by atoms with van der Waals surface area (Å²) in [5.74, 6) is 0.0211. The predicted molar refractivity (Wildman–Crippen MR) is 72.9 cm³/mol. The fourth-order valence-electron chi connectivity index (χ4n) is 2.12. The molecule has 98 valence electrons. The molecule has 1 heterocycles. The topological polar surface area (TPSA) is 41.1 Å². The van der Waals surface area contributed by atoms with Crippen molar-refractivity contribution in [1.29, 1.82) is 0 Å². The molecule has 1 atom stereocenters. The van der Waals surface area contributed by atoms with Crippen molar-refractivity contribution >= 4 is 27.5 Å². The van der Waals surface area contributed by atoms with Crippen LogP contribution >= 0.6 is 15.9 Å². The molecule has 1 fully saturated rings. The van der Waals surface area contributed by atoms with Gasteiger partial charge < -0.3 is 10.6 Å². The summed E-state index contributed by atoms with van der Waals surface area (Å²) < 4.78 is 14.1. The Hall–Kier alpha value is -0.940. The molecule has 18 heavy (non-hydrogen) atoms. The van der Waals surface area contributed by atoms with E-state index in [1.807, 2.05) is 0 Å². The van der Waals surface area contributed by atoms with Crippen molar-refractivity contribution < 1.29 is 9.18 Å². The maximum absolute atomic E-state index is 13.5. The van der Waals surface area contributed by atoms with E-state index in [1.54, 1.807) is 12.1 Å². The zero-order valence-corrected chi connectivity index (χ0v) is 11.6. The van der Waals surface area contributed by atoms with Crippen molar-refractivity contribution in [2.24, 2.45) is 5.92 Å². The molecule has 2 rings (SSSR count). The summed E-state index contributed by atoms with van der Waals surface area (Å²) in [6, 6.07) is 4.64. The van der Waals surface area contributed by atoms with Gasteiger partial charge in [0.2, 0.25) is 5.91 Å². The Morgan fingerprint density at radius 2 is 2.39 bits per heavy atom. The number of para-hydroxylation sites is 1. The van der Waals surface area contributed by atoms with E-state index in [2.05, 4.69) is 26.6 Å². The lowest BCUT2D eigenvalue weighted by molar-refractivity contribution is -0.116. The van der Waals surface area contributed by atoms with Crippen LogP contribution in [0.25, 0.3) is 0 Å². The van der Waals surface area contributed by atoms with Crippen molar-refractivity contribution in [3.63, 3.8) is 0 Å². The van der Waals surface area contributed by atoms with Gasteiger partial charge in [0.15, 0.2) is 0 Å². The Labute approximate surface area is 114 Å². The molecule has 0 spiro atoms. The number of carbonyl (C=O) groups excluding carboxylic acids is 1. The van der Waals surface area contributed by atoms with Crippen LogP contribution in [0.4, 0.5) is 10.1 Å². The van der Waals surface area contributed by atoms with Crippen LogP contribution < -0.4 is 10.6 Å². The van der Waals surface area contributed by atoms with Gasteiger partial charge in [0.05, 0.1) is 5.69 Å². The largest absolute Gasteiger partial charge is 0.323 e. The smallest absolute Gasteiger partial charge is 0.224 e. The molecule has 2 N–H and O–H groups in total. The molecule has 1 aromatic carbocycles. The predicted octanol–water partition coefficient (Wildman–Crippen LogP) is 2.92. The normalized spacial score (nSPS) is 18.9. The molecule has 5 heteroatoms. The second-order valence-corrected chi connectivity index (χ2v) is 5.40. The number of amides is 1. The molecule has 0 aromatic heterocycles. The van der Waals surface area contributed by atoms with Gasteiger partial charge in [-0.1, -0.05) is 6.07 Å². The van der Waals surface area contributed by atoms with Gasteiger partial charge in [-0.2, -0.15) is 0 Å². The molecule has 1 saturated heterocycles. The van der Waals surface area contributed by atoms with Gasteiger partial charge in [-0.15, -0.1) is 0 Å². The van der Waals surface area contributed by atoms with Gasteiger partial charge in [-0.05, 0) is 59.9 Å². The third kappa shape index (κ3) is 3.53. The first-order valence-corrected chi connectivity index (χ1v) is 6.90. The Morgan fingerprint density at radius 1 is 1.56 bits per heavy atom. The highest BCUT2D eigenvalue weighted by Crippen LogP contribution is 2.25. The fourth-order valence-corrected chi connectivity index (χ4v) is 2.56. The third-order valence-electron chi connectivity index (χ3n) is 3.17. The lowest BCUT2D eigenvalue weighted by atomic mass is 10.0. The molecule has 1 aromatic rings. The van der Waals surface area contributed by atoms with Crippen molar-refractivity contribution in [2.75, 3.05) is 18.4 Å². The monoisotopic (exact) mass is 314 g/mol. The Balaban J connectivity index is 1.86. The average molecular weight is 315 g/mol. The number of anilines is 1. The summed E-state index contributed by atoms with van der Waals surface area (Å²) >= 11 is 3.23. The van der Waals surface area contributed by atoms with Crippen LogP contribution in [0.15, 0.2) is 22.7 Å². The van der Waals surface area contributed by atoms with Crippen molar-refractivity contribution in [1.82, 2.24) is 5.32 Å². The number of nitrogens with one attached hydrogen (secondary N) is 2. The first kappa shape index (κ1) is 13.5. The van der Waals surface area contributed by atoms with E-state index in [9.17, 15) is 9.18 Å². The zero-order valence-electron chi connectivity index (χ0n) is 10.0. The number of benzene rings is 1. The van der Waals surface area contributed by atoms with Crippen LogP contribution in [-0.2, 0) is 4.79 Å². The second kappa shape index (κ2) is 6.29. The summed E-state index contributed by atoms with van der Waals surface area (Å²) in [4.78, 5) is 11.8. The molecular weight excluding hydrogens is 299 g/mol. The Kier molecular flexibility index (Phi) is 4.72. The van der Waals surface area contributed by atoms with Gasteiger partial charge in [-0.3, -0.25) is 4.79 Å². The quantitative estimate of drug-likeness (QED) is 0.897. The summed E-state index contributed by atoms with van der Waals surface area (Å²) in [6.07, 6.45) is 2.41. The van der Waals surface area contributed by atoms with E-state index in [-0.39, 0.29) is 11.6 Å². The van der Waals surface area contributed by atoms with Crippen LogP contribution in [0.3, 0.4) is 0 Å². The third-order valence-corrected chi connectivity index (χ3v) is 3.83. The van der Waals surface area contributed by atoms with Crippen molar-refractivity contribution in [3.05, 3.63) is 28.5 Å². The zero-order chi connectivity index (χ0) is 13.0. The van der Waals surface area contributed by atoms with E-state index in [1.165, 1.54) is 6.07 Å². The van der Waals surface area contributed by atoms with Gasteiger partial charge in [0, 0.05) is 10.9 Å². The maximum atomic E-state index is 13.5. The van der Waals surface area contributed by atoms with Gasteiger partial charge >= 0.3 is 0 Å². The number of rotatable bonds is 4. The first-order valence-electron chi connectivity index (χ1n) is 6.11. The lowest BCUT2D eigenvalue weighted by Gasteiger charge is -2.10. The minimum atomic E-state index is -0.416. The van der Waals surface area contributed by atoms with Gasteiger partial charge in [-0.25, -0.2) is 4.39 Å². The van der Waals surface area contributed by atoms with Crippen LogP contribution in [-0.4, -0.2) is 19.0 Å². The minimum Gasteiger partial charge on any atom is -0.323 e. The molecule has 0 bridgehead atoms. The highest BCUT2D eigenvalue weighted by atomic mass is 79.9. The standard InChI is InChI=1S/C13H16BrFN2O/c14-10-2-1-3-11(15)13(10)17-12(18)5-4-9-6-7-16-8-9/h1-3,9,16H,4-8H2,(H,17,18). The van der Waals surface area contributed by atoms with E-state index < -0.39 is 5.82 Å². The maximum Gasteiger partial charge on any atom is 0.224 e. The summed E-state index contributed by atoms with van der Waals surface area (Å²) in [5.41, 5.74) is 0.229. The molecule has 1 aliphatic rings. The lowest BCUT2D eigenvalue weighted by Crippen LogP contribution is -2.16. The fraction of sp³-hybridized carbons (Fsp3) is 0.462. The summed E-state index contributed by atoms with van der Waals surface area (Å²) in [6.45, 7) is 2.02. The van der Waals surface area contributed by atoms with E-state index in [0.717, 1.165) is 25.9 Å². The molecule has 1 unspecified atom stereocenters. The number of hydrogen-bond acceptors (Lipinski definition) is 2. The molecule has 0 radical (unpaired) electrons. The number of carbonyl (C=O) groups is 1. The SMILES string of the molecule is O=C(CCC1CCNC1)Nc1c(F)cccc1Br. The summed E-state index contributed by atoms with van der Waals surface area (Å²) in [7, 11) is 0. The summed E-state index contributed by atoms with van der Waals surface area (Å²) in [5, 5.41) is 5.89. The van der Waals surface area contributed by atoms with Crippen molar-refractivity contribution in [3.8, 4) is 0 Å². The average Bonchev–Trinajstić information content (AvgIpc) is 2.84. The van der Waals surface area contributed by atoms with Crippen LogP contribution in [0.5, 0.6) is 0 Å². The number of halogens is 2. The Morgan fingerprint density at radius 3 is 3.06 bits per heavy atom. The highest BCUT2D eigenvalue weighted by molar-refractivity contribution is 9.10. The molecule has 1 amide bonds. The molecule has 3 nitrogen and oxygen atoms in total. The molecule has 0 saturated carbocycles. The van der Waals surface area contributed by atoms with Crippen LogP contribution in [0.1, 0.15) is 19.3 Å². The molecule has 1 aliphatic heterocycles. The molecule has 0 aliphatic carbocycles. The minimum absolute atomic E-state index is 0.132. The first-order chi connectivity index (χ1) is 8.66. The second-order valence-electron chi connectivity index (χ2n) is 4.54. The van der Waals surface area contributed by atoms with E-state index in [4.69, 9.17) is 0 Å². The van der Waals surface area contributed by atoms with E-state index >= 15 is 0 Å². The van der Waals surface area contributed by atoms with Crippen molar-refractivity contribution in [2.45, 2.75) is 19.3 Å². The molecular formula is C13H16BrFN2O.